The summed E-state index contributed by atoms with van der Waals surface area (Å²) in [6.45, 7) is -0.616. The molecule has 1 aromatic rings. The molecule has 0 spiro atoms. The molecule has 1 aromatic carbocycles. The van der Waals surface area contributed by atoms with Crippen LogP contribution in [0.4, 0.5) is 0 Å². The average Bonchev–Trinajstić information content (AvgIpc) is 2.35. The van der Waals surface area contributed by atoms with E-state index in [2.05, 4.69) is 0 Å². The van der Waals surface area contributed by atoms with Gasteiger partial charge in [-0.1, -0.05) is 30.3 Å². The van der Waals surface area contributed by atoms with Crippen molar-refractivity contribution in [2.75, 3.05) is 13.2 Å². The first-order chi connectivity index (χ1) is 8.25. The Morgan fingerprint density at radius 1 is 1.25 bits per heavy atom. The fourth-order valence-corrected chi connectivity index (χ4v) is 1.97. The summed E-state index contributed by atoms with van der Waals surface area (Å²) in [5.74, 6) is 0. The Labute approximate surface area is 95.7 Å². The van der Waals surface area contributed by atoms with Gasteiger partial charge >= 0.3 is 7.12 Å². The van der Waals surface area contributed by atoms with Crippen molar-refractivity contribution in [2.45, 2.75) is 18.3 Å². The molecular weight excluding hydrogens is 207 g/mol. The summed E-state index contributed by atoms with van der Waals surface area (Å²) in [5.41, 5.74) is 0.892. The summed E-state index contributed by atoms with van der Waals surface area (Å²) in [6, 6.07) is 9.52. The zero-order valence-corrected chi connectivity index (χ0v) is 8.65. The van der Waals surface area contributed by atoms with Crippen LogP contribution in [0.25, 0.3) is 0 Å². The molecule has 0 unspecified atom stereocenters. The molecule has 2 saturated heterocycles. The third-order valence-corrected chi connectivity index (χ3v) is 2.86. The van der Waals surface area contributed by atoms with Crippen LogP contribution < -0.4 is 5.46 Å². The van der Waals surface area contributed by atoms with E-state index in [1.807, 2.05) is 30.3 Å². The topological polar surface area (TPSA) is 47.9 Å². The zero-order valence-electron chi connectivity index (χ0n) is 9.65. The van der Waals surface area contributed by atoms with Crippen LogP contribution in [0, 0.1) is 0 Å². The highest BCUT2D eigenvalue weighted by molar-refractivity contribution is 6.61. The molecule has 2 aliphatic heterocycles. The largest absolute Gasteiger partial charge is 0.494 e. The van der Waals surface area contributed by atoms with Crippen molar-refractivity contribution in [3.05, 3.63) is 30.3 Å². The molecule has 0 aromatic heterocycles. The monoisotopic (exact) mass is 221 g/mol. The second-order valence-corrected chi connectivity index (χ2v) is 3.98. The SMILES string of the molecule is [2H][C@@H]1OC[C@H]2OB(c3ccccc3)O[C@@H]1[C@H]2O. The van der Waals surface area contributed by atoms with E-state index in [1.54, 1.807) is 0 Å². The van der Waals surface area contributed by atoms with Gasteiger partial charge in [0.2, 0.25) is 0 Å². The maximum atomic E-state index is 9.87. The van der Waals surface area contributed by atoms with Gasteiger partial charge in [-0.05, 0) is 5.46 Å². The number of aliphatic hydroxyl groups excluding tert-OH is 1. The lowest BCUT2D eigenvalue weighted by Crippen LogP contribution is -2.61. The molecule has 84 valence electrons. The van der Waals surface area contributed by atoms with E-state index < -0.39 is 32.0 Å². The number of aliphatic hydroxyl groups is 1. The van der Waals surface area contributed by atoms with Gasteiger partial charge in [-0.2, -0.15) is 0 Å². The van der Waals surface area contributed by atoms with E-state index in [-0.39, 0.29) is 6.61 Å². The summed E-state index contributed by atoms with van der Waals surface area (Å²) < 4.78 is 24.0. The maximum Gasteiger partial charge on any atom is 0.494 e. The van der Waals surface area contributed by atoms with Crippen LogP contribution in [-0.4, -0.2) is 43.7 Å². The Hall–Kier alpha value is -0.875. The minimum atomic E-state index is -0.851. The Morgan fingerprint density at radius 2 is 2.00 bits per heavy atom. The molecule has 0 radical (unpaired) electrons. The first-order valence-corrected chi connectivity index (χ1v) is 5.33. The molecule has 16 heavy (non-hydrogen) atoms. The van der Waals surface area contributed by atoms with Crippen molar-refractivity contribution in [3.63, 3.8) is 0 Å². The van der Waals surface area contributed by atoms with E-state index >= 15 is 0 Å². The lowest BCUT2D eigenvalue weighted by Gasteiger charge is -2.41. The van der Waals surface area contributed by atoms with E-state index in [1.165, 1.54) is 0 Å². The normalized spacial score (nSPS) is 39.3. The molecule has 2 bridgehead atoms. The summed E-state index contributed by atoms with van der Waals surface area (Å²) in [5, 5.41) is 9.87. The Morgan fingerprint density at radius 3 is 2.81 bits per heavy atom. The molecule has 1 N–H and O–H groups in total. The third kappa shape index (κ3) is 1.76. The molecule has 0 aliphatic carbocycles. The van der Waals surface area contributed by atoms with Crippen LogP contribution in [0.15, 0.2) is 30.3 Å². The highest BCUT2D eigenvalue weighted by atomic mass is 16.7. The second kappa shape index (κ2) is 4.18. The van der Waals surface area contributed by atoms with E-state index in [4.69, 9.17) is 15.4 Å². The molecular formula is C11H13BO4. The minimum Gasteiger partial charge on any atom is -0.399 e. The van der Waals surface area contributed by atoms with Gasteiger partial charge in [-0.25, -0.2) is 0 Å². The fourth-order valence-electron chi connectivity index (χ4n) is 1.97. The van der Waals surface area contributed by atoms with Crippen LogP contribution >= 0.6 is 0 Å². The van der Waals surface area contributed by atoms with Gasteiger partial charge in [0, 0.05) is 0 Å². The lowest BCUT2D eigenvalue weighted by molar-refractivity contribution is -0.172. The van der Waals surface area contributed by atoms with Crippen LogP contribution in [0.3, 0.4) is 0 Å². The van der Waals surface area contributed by atoms with Gasteiger partial charge in [0.1, 0.15) is 6.10 Å². The van der Waals surface area contributed by atoms with E-state index in [9.17, 15) is 5.11 Å². The highest BCUT2D eigenvalue weighted by Crippen LogP contribution is 2.22. The molecule has 2 heterocycles. The summed E-state index contributed by atoms with van der Waals surface area (Å²) in [7, 11) is -0.522. The predicted octanol–water partition coefficient (Wildman–Crippen LogP) is -0.443. The standard InChI is InChI=1S/C11H13BO4/c13-11-9-6-14-7-10(11)16-12(15-9)8-4-2-1-3-5-8/h1-5,9-11,13H,6-7H2/t9-,10+,11+/i6D/t6-,9-,10+,11+/m0/s1. The Kier molecular flexibility index (Phi) is 2.40. The van der Waals surface area contributed by atoms with Crippen molar-refractivity contribution in [1.82, 2.24) is 0 Å². The van der Waals surface area contributed by atoms with Crippen molar-refractivity contribution < 1.29 is 20.5 Å². The summed E-state index contributed by atoms with van der Waals surface area (Å²) in [6.07, 6.45) is -1.85. The van der Waals surface area contributed by atoms with Crippen LogP contribution in [-0.2, 0) is 14.0 Å². The number of fused-ring (bicyclic) bond motifs is 2. The van der Waals surface area contributed by atoms with Crippen molar-refractivity contribution >= 4 is 12.6 Å². The Bertz CT molecular complexity index is 390. The van der Waals surface area contributed by atoms with Gasteiger partial charge in [-0.15, -0.1) is 0 Å². The Balaban J connectivity index is 1.82. The van der Waals surface area contributed by atoms with Gasteiger partial charge in [0.05, 0.1) is 26.8 Å². The van der Waals surface area contributed by atoms with Crippen molar-refractivity contribution in [3.8, 4) is 0 Å². The van der Waals surface area contributed by atoms with E-state index in [0.717, 1.165) is 5.46 Å². The number of hydrogen-bond donors (Lipinski definition) is 1. The molecule has 0 amide bonds. The first kappa shape index (κ1) is 9.19. The molecule has 0 saturated carbocycles. The quantitative estimate of drug-likeness (QED) is 0.653. The van der Waals surface area contributed by atoms with Crippen LogP contribution in [0.2, 0.25) is 0 Å². The average molecular weight is 221 g/mol. The number of benzene rings is 1. The van der Waals surface area contributed by atoms with Crippen molar-refractivity contribution in [2.24, 2.45) is 0 Å². The molecule has 2 fully saturated rings. The zero-order chi connectivity index (χ0) is 11.8. The van der Waals surface area contributed by atoms with Gasteiger partial charge in [0.25, 0.3) is 0 Å². The second-order valence-electron chi connectivity index (χ2n) is 3.98. The molecule has 3 rings (SSSR count). The van der Waals surface area contributed by atoms with Gasteiger partial charge in [-0.3, -0.25) is 0 Å². The third-order valence-electron chi connectivity index (χ3n) is 2.86. The number of ether oxygens (including phenoxy) is 1. The smallest absolute Gasteiger partial charge is 0.399 e. The highest BCUT2D eigenvalue weighted by Gasteiger charge is 2.44. The minimum absolute atomic E-state index is 0.235. The predicted molar refractivity (Wildman–Crippen MR) is 58.4 cm³/mol. The molecule has 4 atom stereocenters. The van der Waals surface area contributed by atoms with Crippen LogP contribution in [0.1, 0.15) is 1.37 Å². The summed E-state index contributed by atoms with van der Waals surface area (Å²) >= 11 is 0. The van der Waals surface area contributed by atoms with Gasteiger partial charge in [0.15, 0.2) is 0 Å². The lowest BCUT2D eigenvalue weighted by atomic mass is 9.76. The molecule has 4 nitrogen and oxygen atoms in total. The fraction of sp³-hybridized carbons (Fsp3) is 0.455. The summed E-state index contributed by atoms with van der Waals surface area (Å²) in [4.78, 5) is 0. The molecule has 2 aliphatic rings. The number of rotatable bonds is 1. The number of hydrogen-bond acceptors (Lipinski definition) is 4. The van der Waals surface area contributed by atoms with E-state index in [0.29, 0.717) is 0 Å². The van der Waals surface area contributed by atoms with Crippen molar-refractivity contribution in [1.29, 1.82) is 0 Å². The first-order valence-electron chi connectivity index (χ1n) is 5.91. The maximum absolute atomic E-state index is 9.87. The van der Waals surface area contributed by atoms with Crippen LogP contribution in [0.5, 0.6) is 0 Å². The van der Waals surface area contributed by atoms with Gasteiger partial charge < -0.3 is 19.2 Å². The molecule has 5 heteroatoms.